The van der Waals surface area contributed by atoms with Gasteiger partial charge >= 0.3 is 5.97 Å². The van der Waals surface area contributed by atoms with Crippen LogP contribution in [0.1, 0.15) is 11.3 Å². The van der Waals surface area contributed by atoms with Crippen LogP contribution in [-0.4, -0.2) is 26.1 Å². The van der Waals surface area contributed by atoms with Gasteiger partial charge in [0.25, 0.3) is 0 Å². The van der Waals surface area contributed by atoms with Crippen LogP contribution in [0.15, 0.2) is 24.4 Å². The van der Waals surface area contributed by atoms with E-state index in [0.29, 0.717) is 22.3 Å². The summed E-state index contributed by atoms with van der Waals surface area (Å²) in [5.41, 5.74) is 1.21. The molecule has 0 spiro atoms. The van der Waals surface area contributed by atoms with E-state index in [0.717, 1.165) is 5.56 Å². The van der Waals surface area contributed by atoms with Crippen molar-refractivity contribution in [2.24, 2.45) is 0 Å². The van der Waals surface area contributed by atoms with Crippen molar-refractivity contribution < 1.29 is 9.90 Å². The fourth-order valence-electron chi connectivity index (χ4n) is 1.50. The van der Waals surface area contributed by atoms with Crippen LogP contribution in [0.3, 0.4) is 0 Å². The Labute approximate surface area is 113 Å². The first-order valence-corrected chi connectivity index (χ1v) is 5.85. The highest BCUT2D eigenvalue weighted by Crippen LogP contribution is 2.25. The smallest absolute Gasteiger partial charge is 0.309 e. The molecular formula is C11H9Cl2N3O2. The average molecular weight is 286 g/mol. The minimum atomic E-state index is -0.942. The molecule has 0 aliphatic rings. The van der Waals surface area contributed by atoms with Crippen LogP contribution in [0.4, 0.5) is 0 Å². The summed E-state index contributed by atoms with van der Waals surface area (Å²) in [6.07, 6.45) is 1.43. The molecule has 0 aliphatic heterocycles. The lowest BCUT2D eigenvalue weighted by molar-refractivity contribution is -0.136. The van der Waals surface area contributed by atoms with Crippen LogP contribution in [0.5, 0.6) is 0 Å². The third kappa shape index (κ3) is 3.00. The van der Waals surface area contributed by atoms with E-state index in [4.69, 9.17) is 28.3 Å². The highest BCUT2D eigenvalue weighted by Gasteiger charge is 2.08. The molecule has 1 N–H and O–H groups in total. The molecule has 0 atom stereocenters. The van der Waals surface area contributed by atoms with Crippen molar-refractivity contribution in [1.82, 2.24) is 15.0 Å². The SMILES string of the molecule is O=C(O)Cc1cn(Cc2cccc(Cl)c2Cl)nn1. The quantitative estimate of drug-likeness (QED) is 0.936. The van der Waals surface area contributed by atoms with E-state index >= 15 is 0 Å². The largest absolute Gasteiger partial charge is 0.481 e. The molecule has 0 unspecified atom stereocenters. The zero-order valence-electron chi connectivity index (χ0n) is 9.18. The Morgan fingerprint density at radius 1 is 1.39 bits per heavy atom. The third-order valence-electron chi connectivity index (χ3n) is 2.28. The Bertz CT molecular complexity index is 583. The monoisotopic (exact) mass is 285 g/mol. The number of benzene rings is 1. The third-order valence-corrected chi connectivity index (χ3v) is 3.14. The number of aliphatic carboxylic acids is 1. The Morgan fingerprint density at radius 2 is 2.17 bits per heavy atom. The number of carboxylic acids is 1. The standard InChI is InChI=1S/C11H9Cl2N3O2/c12-9-3-1-2-7(11(9)13)5-16-6-8(14-15-16)4-10(17)18/h1-3,6H,4-5H2,(H,17,18). The van der Waals surface area contributed by atoms with Gasteiger partial charge in [-0.15, -0.1) is 5.10 Å². The summed E-state index contributed by atoms with van der Waals surface area (Å²) in [6, 6.07) is 5.32. The van der Waals surface area contributed by atoms with Gasteiger partial charge in [0.15, 0.2) is 0 Å². The van der Waals surface area contributed by atoms with Crippen LogP contribution in [0.25, 0.3) is 0 Å². The van der Waals surface area contributed by atoms with Crippen LogP contribution < -0.4 is 0 Å². The van der Waals surface area contributed by atoms with E-state index in [-0.39, 0.29) is 6.42 Å². The minimum absolute atomic E-state index is 0.150. The Balaban J connectivity index is 2.16. The number of nitrogens with zero attached hydrogens (tertiary/aromatic N) is 3. The summed E-state index contributed by atoms with van der Waals surface area (Å²) in [5.74, 6) is -0.942. The number of hydrogen-bond donors (Lipinski definition) is 1. The van der Waals surface area contributed by atoms with Crippen molar-refractivity contribution in [2.45, 2.75) is 13.0 Å². The van der Waals surface area contributed by atoms with Crippen LogP contribution >= 0.6 is 23.2 Å². The van der Waals surface area contributed by atoms with E-state index in [2.05, 4.69) is 10.3 Å². The Morgan fingerprint density at radius 3 is 2.89 bits per heavy atom. The van der Waals surface area contributed by atoms with Gasteiger partial charge in [-0.1, -0.05) is 40.5 Å². The molecule has 0 radical (unpaired) electrons. The average Bonchev–Trinajstić information content (AvgIpc) is 2.71. The highest BCUT2D eigenvalue weighted by molar-refractivity contribution is 6.42. The van der Waals surface area contributed by atoms with Crippen molar-refractivity contribution in [2.75, 3.05) is 0 Å². The summed E-state index contributed by atoms with van der Waals surface area (Å²) >= 11 is 11.9. The summed E-state index contributed by atoms with van der Waals surface area (Å²) in [7, 11) is 0. The molecule has 0 amide bonds. The van der Waals surface area contributed by atoms with Gasteiger partial charge in [-0.2, -0.15) is 0 Å². The molecule has 5 nitrogen and oxygen atoms in total. The van der Waals surface area contributed by atoms with Gasteiger partial charge in [0.2, 0.25) is 0 Å². The molecule has 0 aliphatic carbocycles. The molecule has 7 heteroatoms. The van der Waals surface area contributed by atoms with E-state index in [1.165, 1.54) is 4.68 Å². The minimum Gasteiger partial charge on any atom is -0.481 e. The summed E-state index contributed by atoms with van der Waals surface area (Å²) in [5, 5.41) is 17.2. The van der Waals surface area contributed by atoms with E-state index in [9.17, 15) is 4.79 Å². The zero-order valence-corrected chi connectivity index (χ0v) is 10.7. The fourth-order valence-corrected chi connectivity index (χ4v) is 1.88. The number of carboxylic acid groups (broad SMARTS) is 1. The predicted molar refractivity (Wildman–Crippen MR) is 66.9 cm³/mol. The van der Waals surface area contributed by atoms with Gasteiger partial charge in [0, 0.05) is 6.20 Å². The van der Waals surface area contributed by atoms with Gasteiger partial charge in [0.1, 0.15) is 0 Å². The molecule has 1 aromatic carbocycles. The number of aromatic nitrogens is 3. The van der Waals surface area contributed by atoms with Gasteiger partial charge in [-0.25, -0.2) is 4.68 Å². The number of carbonyl (C=O) groups is 1. The number of hydrogen-bond acceptors (Lipinski definition) is 3. The molecule has 1 aromatic heterocycles. The van der Waals surface area contributed by atoms with Crippen LogP contribution in [0, 0.1) is 0 Å². The molecule has 0 saturated heterocycles. The van der Waals surface area contributed by atoms with Crippen molar-refractivity contribution in [1.29, 1.82) is 0 Å². The van der Waals surface area contributed by atoms with Gasteiger partial charge < -0.3 is 5.11 Å². The highest BCUT2D eigenvalue weighted by atomic mass is 35.5. The molecule has 0 fully saturated rings. The first-order chi connectivity index (χ1) is 8.56. The van der Waals surface area contributed by atoms with Crippen molar-refractivity contribution in [3.8, 4) is 0 Å². The second kappa shape index (κ2) is 5.37. The summed E-state index contributed by atoms with van der Waals surface area (Å²) in [6.45, 7) is 0.395. The zero-order chi connectivity index (χ0) is 13.1. The molecule has 0 bridgehead atoms. The Kier molecular flexibility index (Phi) is 3.84. The Hall–Kier alpha value is -1.59. The first-order valence-electron chi connectivity index (χ1n) is 5.10. The first kappa shape index (κ1) is 12.9. The lowest BCUT2D eigenvalue weighted by Gasteiger charge is -2.04. The predicted octanol–water partition coefficient (Wildman–Crippen LogP) is 2.26. The molecule has 0 saturated carbocycles. The fraction of sp³-hybridized carbons (Fsp3) is 0.182. The molecule has 2 rings (SSSR count). The van der Waals surface area contributed by atoms with Crippen molar-refractivity contribution in [3.63, 3.8) is 0 Å². The molecule has 1 heterocycles. The lowest BCUT2D eigenvalue weighted by atomic mass is 10.2. The van der Waals surface area contributed by atoms with E-state index in [1.807, 2.05) is 6.07 Å². The lowest BCUT2D eigenvalue weighted by Crippen LogP contribution is -2.01. The maximum absolute atomic E-state index is 10.5. The summed E-state index contributed by atoms with van der Waals surface area (Å²) in [4.78, 5) is 10.5. The topological polar surface area (TPSA) is 68.0 Å². The van der Waals surface area contributed by atoms with E-state index < -0.39 is 5.97 Å². The van der Waals surface area contributed by atoms with Gasteiger partial charge in [0.05, 0.1) is 28.7 Å². The molecular weight excluding hydrogens is 277 g/mol. The number of halogens is 2. The second-order valence-corrected chi connectivity index (χ2v) is 4.48. The van der Waals surface area contributed by atoms with Gasteiger partial charge in [-0.05, 0) is 11.6 Å². The molecule has 2 aromatic rings. The summed E-state index contributed by atoms with van der Waals surface area (Å²) < 4.78 is 1.52. The van der Waals surface area contributed by atoms with E-state index in [1.54, 1.807) is 18.3 Å². The second-order valence-electron chi connectivity index (χ2n) is 3.69. The maximum Gasteiger partial charge on any atom is 0.309 e. The van der Waals surface area contributed by atoms with Crippen molar-refractivity contribution in [3.05, 3.63) is 45.7 Å². The van der Waals surface area contributed by atoms with Crippen LogP contribution in [-0.2, 0) is 17.8 Å². The maximum atomic E-state index is 10.5. The molecule has 18 heavy (non-hydrogen) atoms. The van der Waals surface area contributed by atoms with Gasteiger partial charge in [-0.3, -0.25) is 4.79 Å². The van der Waals surface area contributed by atoms with Crippen LogP contribution in [0.2, 0.25) is 10.0 Å². The normalized spacial score (nSPS) is 10.6. The number of rotatable bonds is 4. The molecule has 94 valence electrons. The van der Waals surface area contributed by atoms with Crippen molar-refractivity contribution >= 4 is 29.2 Å².